The minimum absolute atomic E-state index is 0.188. The van der Waals surface area contributed by atoms with Gasteiger partial charge in [-0.2, -0.15) is 0 Å². The van der Waals surface area contributed by atoms with Gasteiger partial charge in [-0.3, -0.25) is 4.79 Å². The van der Waals surface area contributed by atoms with Crippen molar-refractivity contribution < 1.29 is 32.2 Å². The van der Waals surface area contributed by atoms with Crippen LogP contribution in [-0.2, 0) is 11.3 Å². The summed E-state index contributed by atoms with van der Waals surface area (Å²) in [5.41, 5.74) is 1.84. The minimum atomic E-state index is -4.78. The monoisotopic (exact) mass is 441 g/mol. The number of ether oxygens (including phenoxy) is 3. The second-order valence-electron chi connectivity index (χ2n) is 6.53. The molecule has 0 atom stereocenters. The van der Waals surface area contributed by atoms with Gasteiger partial charge in [0.1, 0.15) is 11.5 Å². The average Bonchev–Trinajstić information content (AvgIpc) is 2.91. The molecular weight excluding hydrogens is 423 g/mol. The molecule has 0 saturated carbocycles. The maximum atomic E-state index is 12.5. The molecule has 0 fully saturated rings. The van der Waals surface area contributed by atoms with Crippen molar-refractivity contribution in [1.82, 2.24) is 4.57 Å². The number of hydrogen-bond acceptors (Lipinski definition) is 4. The fourth-order valence-electron chi connectivity index (χ4n) is 3.14. The highest BCUT2D eigenvalue weighted by atomic mass is 35.5. The van der Waals surface area contributed by atoms with E-state index in [-0.39, 0.29) is 18.7 Å². The Kier molecular flexibility index (Phi) is 6.17. The number of halogens is 4. The van der Waals surface area contributed by atoms with Crippen LogP contribution in [0.5, 0.6) is 17.2 Å². The van der Waals surface area contributed by atoms with Crippen molar-refractivity contribution in [3.8, 4) is 17.2 Å². The van der Waals surface area contributed by atoms with Gasteiger partial charge in [0.2, 0.25) is 0 Å². The Morgan fingerprint density at radius 1 is 1.20 bits per heavy atom. The quantitative estimate of drug-likeness (QED) is 0.449. The first-order valence-corrected chi connectivity index (χ1v) is 9.42. The lowest BCUT2D eigenvalue weighted by atomic mass is 10.2. The van der Waals surface area contributed by atoms with Crippen LogP contribution in [0.25, 0.3) is 10.9 Å². The van der Waals surface area contributed by atoms with Crippen molar-refractivity contribution in [2.24, 2.45) is 0 Å². The number of alkyl halides is 3. The average molecular weight is 442 g/mol. The lowest BCUT2D eigenvalue weighted by Crippen LogP contribution is -2.17. The lowest BCUT2D eigenvalue weighted by molar-refractivity contribution is -0.274. The zero-order valence-corrected chi connectivity index (χ0v) is 17.2. The predicted molar refractivity (Wildman–Crippen MR) is 106 cm³/mol. The Balaban J connectivity index is 2.09. The van der Waals surface area contributed by atoms with Crippen molar-refractivity contribution in [2.45, 2.75) is 33.2 Å². The molecule has 0 N–H and O–H groups in total. The summed E-state index contributed by atoms with van der Waals surface area (Å²) in [6, 6.07) is 9.03. The van der Waals surface area contributed by atoms with Gasteiger partial charge in [-0.15, -0.1) is 13.2 Å². The number of fused-ring (bicyclic) bond motifs is 1. The smallest absolute Gasteiger partial charge is 0.495 e. The first-order chi connectivity index (χ1) is 14.1. The molecule has 3 rings (SSSR count). The van der Waals surface area contributed by atoms with Crippen LogP contribution in [0.3, 0.4) is 0 Å². The summed E-state index contributed by atoms with van der Waals surface area (Å²) in [5, 5.41) is 0.963. The van der Waals surface area contributed by atoms with E-state index in [0.717, 1.165) is 0 Å². The molecular formula is C21H19ClF3NO4. The zero-order valence-electron chi connectivity index (χ0n) is 16.5. The summed E-state index contributed by atoms with van der Waals surface area (Å²) < 4.78 is 54.2. The number of methoxy groups -OCH3 is 1. The molecule has 0 aliphatic carbocycles. The second-order valence-corrected chi connectivity index (χ2v) is 6.93. The zero-order chi connectivity index (χ0) is 22.1. The summed E-state index contributed by atoms with van der Waals surface area (Å²) in [6.07, 6.45) is -4.59. The van der Waals surface area contributed by atoms with Crippen LogP contribution < -0.4 is 14.2 Å². The maximum absolute atomic E-state index is 12.5. The van der Waals surface area contributed by atoms with Gasteiger partial charge in [0.15, 0.2) is 5.75 Å². The number of esters is 1. The van der Waals surface area contributed by atoms with Crippen LogP contribution in [0.4, 0.5) is 13.2 Å². The summed E-state index contributed by atoms with van der Waals surface area (Å²) >= 11 is 6.28. The molecule has 0 bridgehead atoms. The number of aromatic nitrogens is 1. The first-order valence-electron chi connectivity index (χ1n) is 9.04. The number of carbonyl (C=O) groups is 1. The van der Waals surface area contributed by atoms with E-state index in [1.807, 2.05) is 4.57 Å². The number of carbonyl (C=O) groups excluding carboxylic acids is 1. The molecule has 0 spiro atoms. The van der Waals surface area contributed by atoms with Crippen molar-refractivity contribution in [3.63, 3.8) is 0 Å². The number of rotatable bonds is 6. The Bertz CT molecular complexity index is 1090. The van der Waals surface area contributed by atoms with E-state index in [4.69, 9.17) is 21.1 Å². The van der Waals surface area contributed by atoms with Gasteiger partial charge in [-0.25, -0.2) is 0 Å². The fraction of sp³-hybridized carbons (Fsp3) is 0.286. The summed E-state index contributed by atoms with van der Waals surface area (Å²) in [4.78, 5) is 11.9. The van der Waals surface area contributed by atoms with Crippen LogP contribution in [0.2, 0.25) is 5.02 Å². The molecule has 0 aliphatic rings. The van der Waals surface area contributed by atoms with E-state index in [1.54, 1.807) is 32.0 Å². The van der Waals surface area contributed by atoms with E-state index in [2.05, 4.69) is 4.74 Å². The molecule has 0 amide bonds. The van der Waals surface area contributed by atoms with Crippen LogP contribution in [-0.4, -0.2) is 24.0 Å². The van der Waals surface area contributed by atoms with Gasteiger partial charge in [0.25, 0.3) is 0 Å². The third kappa shape index (κ3) is 4.64. The first kappa shape index (κ1) is 21.8. The third-order valence-corrected chi connectivity index (χ3v) is 4.81. The van der Waals surface area contributed by atoms with E-state index in [9.17, 15) is 18.0 Å². The van der Waals surface area contributed by atoms with Gasteiger partial charge in [0, 0.05) is 18.4 Å². The summed E-state index contributed by atoms with van der Waals surface area (Å²) in [5.74, 6) is 0.0447. The largest absolute Gasteiger partial charge is 0.573 e. The van der Waals surface area contributed by atoms with E-state index < -0.39 is 12.3 Å². The molecule has 160 valence electrons. The Hall–Kier alpha value is -2.87. The molecule has 1 heterocycles. The standard InChI is InChI=1S/C21H19ClF3NO4/c1-4-19(27)29-20-12(2)26(17-10-16(22)18(28-3)9-15(17)20)11-13-6-5-7-14(8-13)30-21(23,24)25/h5-10H,4,11H2,1-3H3. The summed E-state index contributed by atoms with van der Waals surface area (Å²) in [7, 11) is 1.47. The molecule has 9 heteroatoms. The van der Waals surface area contributed by atoms with Crippen molar-refractivity contribution >= 4 is 28.5 Å². The van der Waals surface area contributed by atoms with Gasteiger partial charge in [-0.05, 0) is 36.8 Å². The van der Waals surface area contributed by atoms with Crippen molar-refractivity contribution in [3.05, 3.63) is 52.7 Å². The summed E-state index contributed by atoms with van der Waals surface area (Å²) in [6.45, 7) is 3.65. The topological polar surface area (TPSA) is 49.7 Å². The van der Waals surface area contributed by atoms with E-state index >= 15 is 0 Å². The van der Waals surface area contributed by atoms with E-state index in [0.29, 0.717) is 38.7 Å². The SMILES string of the molecule is CCC(=O)Oc1c(C)n(Cc2cccc(OC(F)(F)F)c2)c2cc(Cl)c(OC)cc12. The number of hydrogen-bond donors (Lipinski definition) is 0. The molecule has 0 aliphatic heterocycles. The lowest BCUT2D eigenvalue weighted by Gasteiger charge is -2.12. The van der Waals surface area contributed by atoms with Crippen LogP contribution >= 0.6 is 11.6 Å². The fourth-order valence-corrected chi connectivity index (χ4v) is 3.38. The third-order valence-electron chi connectivity index (χ3n) is 4.52. The molecule has 0 unspecified atom stereocenters. The molecule has 3 aromatic rings. The van der Waals surface area contributed by atoms with Gasteiger partial charge in [0.05, 0.1) is 23.3 Å². The second kappa shape index (κ2) is 8.47. The molecule has 1 aromatic heterocycles. The highest BCUT2D eigenvalue weighted by Gasteiger charge is 2.31. The van der Waals surface area contributed by atoms with Crippen molar-refractivity contribution in [1.29, 1.82) is 0 Å². The van der Waals surface area contributed by atoms with Crippen molar-refractivity contribution in [2.75, 3.05) is 7.11 Å². The Morgan fingerprint density at radius 2 is 1.93 bits per heavy atom. The molecule has 30 heavy (non-hydrogen) atoms. The van der Waals surface area contributed by atoms with Gasteiger partial charge in [-0.1, -0.05) is 30.7 Å². The Morgan fingerprint density at radius 3 is 2.57 bits per heavy atom. The van der Waals surface area contributed by atoms with Gasteiger partial charge >= 0.3 is 12.3 Å². The predicted octanol–water partition coefficient (Wildman–Crippen LogP) is 5.87. The van der Waals surface area contributed by atoms with Crippen LogP contribution in [0.1, 0.15) is 24.6 Å². The molecule has 0 radical (unpaired) electrons. The van der Waals surface area contributed by atoms with E-state index in [1.165, 1.54) is 25.3 Å². The highest BCUT2D eigenvalue weighted by Crippen LogP contribution is 2.39. The minimum Gasteiger partial charge on any atom is -0.495 e. The van der Waals surface area contributed by atoms with Crippen LogP contribution in [0.15, 0.2) is 36.4 Å². The molecule has 5 nitrogen and oxygen atoms in total. The molecule has 2 aromatic carbocycles. The number of benzene rings is 2. The van der Waals surface area contributed by atoms with Gasteiger partial charge < -0.3 is 18.8 Å². The maximum Gasteiger partial charge on any atom is 0.573 e. The normalized spacial score (nSPS) is 11.6. The highest BCUT2D eigenvalue weighted by molar-refractivity contribution is 6.33. The number of nitrogens with zero attached hydrogens (tertiary/aromatic N) is 1. The molecule has 0 saturated heterocycles. The Labute approximate surface area is 175 Å². The van der Waals surface area contributed by atoms with Crippen LogP contribution in [0, 0.1) is 6.92 Å².